The molecule has 92 valence electrons. The molecular formula is C12H16N2O3. The number of aromatic nitrogens is 1. The Labute approximate surface area is 99.6 Å². The summed E-state index contributed by atoms with van der Waals surface area (Å²) in [5.74, 6) is -0.825. The molecule has 0 aliphatic carbocycles. The molecule has 2 heterocycles. The van der Waals surface area contributed by atoms with Gasteiger partial charge >= 0.3 is 5.97 Å². The molecule has 0 unspecified atom stereocenters. The number of carbonyl (C=O) groups is 2. The van der Waals surface area contributed by atoms with Gasteiger partial charge in [-0.05, 0) is 19.9 Å². The van der Waals surface area contributed by atoms with E-state index in [9.17, 15) is 9.59 Å². The molecule has 2 rings (SSSR count). The number of carboxylic acid groups (broad SMARTS) is 1. The van der Waals surface area contributed by atoms with Crippen molar-refractivity contribution in [1.82, 2.24) is 9.47 Å². The summed E-state index contributed by atoms with van der Waals surface area (Å²) in [5.41, 5.74) is 2.06. The van der Waals surface area contributed by atoms with Crippen LogP contribution in [0.1, 0.15) is 34.7 Å². The predicted octanol–water partition coefficient (Wildman–Crippen LogP) is 1.21. The number of aromatic carboxylic acids is 1. The number of nitrogens with zero attached hydrogens (tertiary/aromatic N) is 2. The summed E-state index contributed by atoms with van der Waals surface area (Å²) in [6, 6.07) is 1.90. The molecule has 1 aromatic heterocycles. The molecule has 0 bridgehead atoms. The third-order valence-corrected chi connectivity index (χ3v) is 3.39. The summed E-state index contributed by atoms with van der Waals surface area (Å²) in [4.78, 5) is 23.9. The lowest BCUT2D eigenvalue weighted by atomic mass is 10.1. The van der Waals surface area contributed by atoms with Crippen LogP contribution in [0.3, 0.4) is 0 Å². The minimum Gasteiger partial charge on any atom is -0.478 e. The van der Waals surface area contributed by atoms with Gasteiger partial charge in [-0.1, -0.05) is 0 Å². The number of aryl methyl sites for hydroxylation is 1. The Morgan fingerprint density at radius 3 is 2.35 bits per heavy atom. The topological polar surface area (TPSA) is 62.5 Å². The predicted molar refractivity (Wildman–Crippen MR) is 62.2 cm³/mol. The van der Waals surface area contributed by atoms with Crippen molar-refractivity contribution in [2.75, 3.05) is 13.1 Å². The van der Waals surface area contributed by atoms with Gasteiger partial charge in [0.15, 0.2) is 0 Å². The Hall–Kier alpha value is -1.78. The highest BCUT2D eigenvalue weighted by molar-refractivity contribution is 5.89. The second-order valence-electron chi connectivity index (χ2n) is 4.54. The van der Waals surface area contributed by atoms with Gasteiger partial charge in [-0.15, -0.1) is 0 Å². The number of rotatable bonds is 2. The van der Waals surface area contributed by atoms with Crippen LogP contribution in [-0.2, 0) is 4.79 Å². The molecule has 5 nitrogen and oxygen atoms in total. The first-order valence-corrected chi connectivity index (χ1v) is 5.59. The minimum absolute atomic E-state index is 0.0715. The molecule has 1 aromatic rings. The van der Waals surface area contributed by atoms with E-state index in [0.29, 0.717) is 18.7 Å². The second kappa shape index (κ2) is 3.91. The van der Waals surface area contributed by atoms with Gasteiger partial charge in [0, 0.05) is 31.4 Å². The largest absolute Gasteiger partial charge is 0.478 e. The molecule has 1 fully saturated rings. The van der Waals surface area contributed by atoms with Gasteiger partial charge in [-0.25, -0.2) is 4.79 Å². The van der Waals surface area contributed by atoms with Crippen molar-refractivity contribution in [3.63, 3.8) is 0 Å². The van der Waals surface area contributed by atoms with Gasteiger partial charge in [0.2, 0.25) is 5.91 Å². The second-order valence-corrected chi connectivity index (χ2v) is 4.54. The molecule has 1 amide bonds. The first-order valence-electron chi connectivity index (χ1n) is 5.59. The van der Waals surface area contributed by atoms with Crippen LogP contribution in [0.2, 0.25) is 0 Å². The maximum Gasteiger partial charge on any atom is 0.337 e. The first-order chi connectivity index (χ1) is 7.91. The summed E-state index contributed by atoms with van der Waals surface area (Å²) in [6.45, 7) is 6.60. The highest BCUT2D eigenvalue weighted by Crippen LogP contribution is 2.27. The average molecular weight is 236 g/mol. The van der Waals surface area contributed by atoms with Crippen LogP contribution in [-0.4, -0.2) is 39.5 Å². The zero-order chi connectivity index (χ0) is 12.7. The van der Waals surface area contributed by atoms with Crippen LogP contribution >= 0.6 is 0 Å². The van der Waals surface area contributed by atoms with Crippen molar-refractivity contribution in [3.8, 4) is 0 Å². The molecule has 0 radical (unpaired) electrons. The third kappa shape index (κ3) is 1.81. The van der Waals surface area contributed by atoms with Crippen molar-refractivity contribution in [3.05, 3.63) is 23.0 Å². The van der Waals surface area contributed by atoms with E-state index in [1.807, 2.05) is 18.4 Å². The summed E-state index contributed by atoms with van der Waals surface area (Å²) in [5, 5.41) is 9.04. The molecule has 1 aliphatic heterocycles. The molecule has 1 N–H and O–H groups in total. The molecule has 0 saturated carbocycles. The Morgan fingerprint density at radius 1 is 1.35 bits per heavy atom. The fourth-order valence-electron chi connectivity index (χ4n) is 2.43. The number of likely N-dealkylation sites (tertiary alicyclic amines) is 1. The maximum atomic E-state index is 11.1. The zero-order valence-electron chi connectivity index (χ0n) is 10.2. The highest BCUT2D eigenvalue weighted by atomic mass is 16.4. The van der Waals surface area contributed by atoms with Crippen LogP contribution in [0.25, 0.3) is 0 Å². The fourth-order valence-corrected chi connectivity index (χ4v) is 2.43. The molecule has 0 aromatic carbocycles. The molecular weight excluding hydrogens is 220 g/mol. The van der Waals surface area contributed by atoms with Crippen LogP contribution < -0.4 is 0 Å². The van der Waals surface area contributed by atoms with E-state index in [2.05, 4.69) is 0 Å². The summed E-state index contributed by atoms with van der Waals surface area (Å²) in [7, 11) is 0. The quantitative estimate of drug-likeness (QED) is 0.839. The minimum atomic E-state index is -0.896. The van der Waals surface area contributed by atoms with Crippen LogP contribution in [0.4, 0.5) is 0 Å². The molecule has 0 atom stereocenters. The molecule has 1 saturated heterocycles. The number of hydrogen-bond acceptors (Lipinski definition) is 2. The first kappa shape index (κ1) is 11.7. The maximum absolute atomic E-state index is 11.1. The van der Waals surface area contributed by atoms with Crippen molar-refractivity contribution in [2.45, 2.75) is 26.8 Å². The smallest absolute Gasteiger partial charge is 0.337 e. The molecule has 0 spiro atoms. The monoisotopic (exact) mass is 236 g/mol. The molecule has 5 heteroatoms. The highest BCUT2D eigenvalue weighted by Gasteiger charge is 2.32. The summed E-state index contributed by atoms with van der Waals surface area (Å²) >= 11 is 0. The van der Waals surface area contributed by atoms with E-state index in [-0.39, 0.29) is 11.9 Å². The SMILES string of the molecule is CC(=O)N1CC(n2c(C)cc(C(=O)O)c2C)C1. The van der Waals surface area contributed by atoms with Crippen molar-refractivity contribution >= 4 is 11.9 Å². The van der Waals surface area contributed by atoms with Crippen LogP contribution in [0.5, 0.6) is 0 Å². The molecule has 1 aliphatic rings. The number of hydrogen-bond donors (Lipinski definition) is 1. The number of amides is 1. The van der Waals surface area contributed by atoms with E-state index < -0.39 is 5.97 Å². The Morgan fingerprint density at radius 2 is 1.94 bits per heavy atom. The van der Waals surface area contributed by atoms with Gasteiger partial charge in [0.1, 0.15) is 0 Å². The van der Waals surface area contributed by atoms with E-state index in [0.717, 1.165) is 11.4 Å². The van der Waals surface area contributed by atoms with Crippen molar-refractivity contribution in [1.29, 1.82) is 0 Å². The van der Waals surface area contributed by atoms with Crippen LogP contribution in [0, 0.1) is 13.8 Å². The average Bonchev–Trinajstić information content (AvgIpc) is 2.42. The Kier molecular flexibility index (Phi) is 2.69. The van der Waals surface area contributed by atoms with E-state index in [1.165, 1.54) is 0 Å². The normalized spacial score (nSPS) is 15.8. The van der Waals surface area contributed by atoms with Crippen molar-refractivity contribution in [2.24, 2.45) is 0 Å². The fraction of sp³-hybridized carbons (Fsp3) is 0.500. The van der Waals surface area contributed by atoms with Gasteiger partial charge in [-0.3, -0.25) is 4.79 Å². The van der Waals surface area contributed by atoms with E-state index >= 15 is 0 Å². The standard InChI is InChI=1S/C12H16N2O3/c1-7-4-11(12(16)17)8(2)14(7)10-5-13(6-10)9(3)15/h4,10H,5-6H2,1-3H3,(H,16,17). The van der Waals surface area contributed by atoms with E-state index in [1.54, 1.807) is 17.9 Å². The Bertz CT molecular complexity index is 484. The third-order valence-electron chi connectivity index (χ3n) is 3.39. The van der Waals surface area contributed by atoms with Crippen molar-refractivity contribution < 1.29 is 14.7 Å². The van der Waals surface area contributed by atoms with Gasteiger partial charge in [0.05, 0.1) is 11.6 Å². The number of carboxylic acids is 1. The Balaban J connectivity index is 2.24. The lowest BCUT2D eigenvalue weighted by Gasteiger charge is -2.40. The zero-order valence-corrected chi connectivity index (χ0v) is 10.2. The van der Waals surface area contributed by atoms with E-state index in [4.69, 9.17) is 5.11 Å². The lowest BCUT2D eigenvalue weighted by molar-refractivity contribution is -0.134. The van der Waals surface area contributed by atoms with Gasteiger partial charge in [0.25, 0.3) is 0 Å². The van der Waals surface area contributed by atoms with Gasteiger partial charge < -0.3 is 14.6 Å². The lowest BCUT2D eigenvalue weighted by Crippen LogP contribution is -2.50. The summed E-state index contributed by atoms with van der Waals surface area (Å²) < 4.78 is 2.02. The molecule has 17 heavy (non-hydrogen) atoms. The summed E-state index contributed by atoms with van der Waals surface area (Å²) in [6.07, 6.45) is 0. The van der Waals surface area contributed by atoms with Crippen LogP contribution in [0.15, 0.2) is 6.07 Å². The number of carbonyl (C=O) groups excluding carboxylic acids is 1. The van der Waals surface area contributed by atoms with Gasteiger partial charge in [-0.2, -0.15) is 0 Å².